The van der Waals surface area contributed by atoms with Crippen LogP contribution in [0.3, 0.4) is 0 Å². The molecule has 8 nitrogen and oxygen atoms in total. The molecule has 0 fully saturated rings. The van der Waals surface area contributed by atoms with Gasteiger partial charge in [0.1, 0.15) is 10.7 Å². The first-order valence-corrected chi connectivity index (χ1v) is 7.20. The second-order valence-electron chi connectivity index (χ2n) is 4.57. The third-order valence-electron chi connectivity index (χ3n) is 2.74. The number of aliphatic imine (C=N–C) groups is 1. The highest BCUT2D eigenvalue weighted by molar-refractivity contribution is 5.83. The Morgan fingerprint density at radius 2 is 2.18 bits per heavy atom. The van der Waals surface area contributed by atoms with Crippen molar-refractivity contribution in [3.63, 3.8) is 0 Å². The second kappa shape index (κ2) is 10.3. The summed E-state index contributed by atoms with van der Waals surface area (Å²) in [7, 11) is 0. The Balaban J connectivity index is 2.17. The zero-order chi connectivity index (χ0) is 16.2. The van der Waals surface area contributed by atoms with Crippen LogP contribution in [0.25, 0.3) is 0 Å². The molecule has 120 valence electrons. The number of carbonyl (C=O) groups excluding carboxylic acids is 1. The van der Waals surface area contributed by atoms with Gasteiger partial charge in [-0.25, -0.2) is 15.2 Å². The summed E-state index contributed by atoms with van der Waals surface area (Å²) in [6, 6.07) is 2.34. The molecule has 1 rings (SSSR count). The summed E-state index contributed by atoms with van der Waals surface area (Å²) in [5.74, 6) is 0.219. The van der Waals surface area contributed by atoms with Crippen LogP contribution in [0.1, 0.15) is 44.8 Å². The van der Waals surface area contributed by atoms with E-state index in [1.807, 2.05) is 0 Å². The third kappa shape index (κ3) is 7.32. The molecule has 0 unspecified atom stereocenters. The number of hydrazone groups is 1. The Morgan fingerprint density at radius 1 is 1.36 bits per heavy atom. The van der Waals surface area contributed by atoms with Gasteiger partial charge in [-0.1, -0.05) is 19.8 Å². The van der Waals surface area contributed by atoms with Crippen LogP contribution < -0.4 is 5.43 Å². The van der Waals surface area contributed by atoms with Gasteiger partial charge in [0.05, 0.1) is 6.07 Å². The van der Waals surface area contributed by atoms with Crippen LogP contribution in [-0.2, 0) is 6.42 Å². The number of furan rings is 1. The van der Waals surface area contributed by atoms with Gasteiger partial charge in [-0.15, -0.1) is 0 Å². The van der Waals surface area contributed by atoms with Crippen molar-refractivity contribution in [1.29, 1.82) is 0 Å². The van der Waals surface area contributed by atoms with Gasteiger partial charge >= 0.3 is 11.9 Å². The van der Waals surface area contributed by atoms with Crippen molar-refractivity contribution in [2.75, 3.05) is 0 Å². The van der Waals surface area contributed by atoms with Crippen molar-refractivity contribution in [3.05, 3.63) is 28.0 Å². The molecule has 0 saturated carbocycles. The lowest BCUT2D eigenvalue weighted by Crippen LogP contribution is -2.12. The summed E-state index contributed by atoms with van der Waals surface area (Å²) >= 11 is 0. The molecule has 1 aromatic heterocycles. The number of urea groups is 1. The van der Waals surface area contributed by atoms with E-state index in [9.17, 15) is 14.9 Å². The minimum atomic E-state index is -0.587. The van der Waals surface area contributed by atoms with Crippen molar-refractivity contribution < 1.29 is 14.1 Å². The molecule has 1 aromatic rings. The monoisotopic (exact) mass is 308 g/mol. The van der Waals surface area contributed by atoms with Crippen LogP contribution in [0.15, 0.2) is 26.6 Å². The molecule has 0 aliphatic heterocycles. The minimum absolute atomic E-state index is 0.280. The fourth-order valence-electron chi connectivity index (χ4n) is 1.63. The molecule has 1 N–H and O–H groups in total. The quantitative estimate of drug-likeness (QED) is 0.326. The van der Waals surface area contributed by atoms with E-state index < -0.39 is 11.0 Å². The van der Waals surface area contributed by atoms with Crippen LogP contribution in [0.2, 0.25) is 0 Å². The summed E-state index contributed by atoms with van der Waals surface area (Å²) in [6.07, 6.45) is 8.09. The van der Waals surface area contributed by atoms with Crippen molar-refractivity contribution in [3.8, 4) is 0 Å². The summed E-state index contributed by atoms with van der Waals surface area (Å²) in [5.41, 5.74) is 2.28. The molecule has 0 atom stereocenters. The smallest absolute Gasteiger partial charge is 0.406 e. The van der Waals surface area contributed by atoms with Gasteiger partial charge in [0.2, 0.25) is 0 Å². The molecule has 0 aromatic carbocycles. The number of rotatable bonds is 9. The molecular weight excluding hydrogens is 288 g/mol. The number of unbranched alkanes of at least 4 members (excludes halogenated alkanes) is 3. The van der Waals surface area contributed by atoms with E-state index in [4.69, 9.17) is 4.42 Å². The summed E-state index contributed by atoms with van der Waals surface area (Å²) in [4.78, 5) is 24.8. The predicted octanol–water partition coefficient (Wildman–Crippen LogP) is 3.47. The average molecular weight is 308 g/mol. The number of nitrogens with one attached hydrogen (secondary N) is 1. The number of nitrogens with zero attached hydrogens (tertiary/aromatic N) is 3. The van der Waals surface area contributed by atoms with Gasteiger partial charge in [-0.05, 0) is 25.3 Å². The lowest BCUT2D eigenvalue weighted by atomic mass is 10.2. The molecule has 2 amide bonds. The predicted molar refractivity (Wildman–Crippen MR) is 83.3 cm³/mol. The molecule has 1 heterocycles. The van der Waals surface area contributed by atoms with Crippen LogP contribution in [0.5, 0.6) is 0 Å². The second-order valence-corrected chi connectivity index (χ2v) is 4.57. The SMILES string of the molecule is CCCCCC=NC(=O)NN=CCCc1ccc([N+](=O)[O-])o1. The number of hydrogen-bond donors (Lipinski definition) is 1. The maximum atomic E-state index is 11.3. The van der Waals surface area contributed by atoms with E-state index in [1.165, 1.54) is 12.3 Å². The first-order valence-electron chi connectivity index (χ1n) is 7.20. The summed E-state index contributed by atoms with van der Waals surface area (Å²) in [6.45, 7) is 2.11. The first-order chi connectivity index (χ1) is 10.6. The van der Waals surface area contributed by atoms with Gasteiger partial charge in [0, 0.05) is 18.9 Å². The molecule has 0 radical (unpaired) electrons. The Kier molecular flexibility index (Phi) is 8.17. The van der Waals surface area contributed by atoms with Crippen LogP contribution in [0.4, 0.5) is 10.7 Å². The Labute approximate surface area is 128 Å². The van der Waals surface area contributed by atoms with Crippen LogP contribution in [0, 0.1) is 10.1 Å². The highest BCUT2D eigenvalue weighted by Crippen LogP contribution is 2.16. The topological polar surface area (TPSA) is 110 Å². The number of aryl methyl sites for hydroxylation is 1. The fraction of sp³-hybridized carbons (Fsp3) is 0.500. The molecule has 0 saturated heterocycles. The highest BCUT2D eigenvalue weighted by atomic mass is 16.6. The number of carbonyl (C=O) groups is 1. The lowest BCUT2D eigenvalue weighted by Gasteiger charge is -1.94. The minimum Gasteiger partial charge on any atom is -0.406 e. The molecule has 0 bridgehead atoms. The van der Waals surface area contributed by atoms with Gasteiger partial charge in [-0.2, -0.15) is 5.10 Å². The van der Waals surface area contributed by atoms with Gasteiger partial charge in [0.25, 0.3) is 0 Å². The van der Waals surface area contributed by atoms with Crippen LogP contribution >= 0.6 is 0 Å². The standard InChI is InChI=1S/C14H20N4O4/c1-2-3-4-5-10-15-14(19)17-16-11-6-7-12-8-9-13(22-12)18(20)21/h8-11H,2-7H2,1H3,(H,17,19). The molecule has 22 heavy (non-hydrogen) atoms. The number of hydrogen-bond acceptors (Lipinski definition) is 5. The lowest BCUT2D eigenvalue weighted by molar-refractivity contribution is -0.402. The highest BCUT2D eigenvalue weighted by Gasteiger charge is 2.10. The molecule has 0 aliphatic carbocycles. The molecule has 8 heteroatoms. The van der Waals surface area contributed by atoms with Crippen molar-refractivity contribution in [2.24, 2.45) is 10.1 Å². The largest absolute Gasteiger partial charge is 0.433 e. The maximum Gasteiger partial charge on any atom is 0.433 e. The zero-order valence-electron chi connectivity index (χ0n) is 12.5. The van der Waals surface area contributed by atoms with Crippen molar-refractivity contribution in [2.45, 2.75) is 45.4 Å². The van der Waals surface area contributed by atoms with Gasteiger partial charge in [-0.3, -0.25) is 10.1 Å². The number of amides is 2. The van der Waals surface area contributed by atoms with Gasteiger partial charge < -0.3 is 4.42 Å². The van der Waals surface area contributed by atoms with Crippen molar-refractivity contribution >= 4 is 24.3 Å². The summed E-state index contributed by atoms with van der Waals surface area (Å²) < 4.78 is 4.99. The molecule has 0 spiro atoms. The van der Waals surface area contributed by atoms with Crippen molar-refractivity contribution in [1.82, 2.24) is 5.43 Å². The normalized spacial score (nSPS) is 11.3. The number of nitro groups is 1. The summed E-state index contributed by atoms with van der Waals surface area (Å²) in [5, 5.41) is 14.2. The maximum absolute atomic E-state index is 11.3. The van der Waals surface area contributed by atoms with E-state index in [2.05, 4.69) is 22.4 Å². The van der Waals surface area contributed by atoms with Gasteiger partial charge in [0.15, 0.2) is 0 Å². The third-order valence-corrected chi connectivity index (χ3v) is 2.74. The van der Waals surface area contributed by atoms with E-state index in [-0.39, 0.29) is 5.88 Å². The Morgan fingerprint density at radius 3 is 2.86 bits per heavy atom. The Hall–Kier alpha value is -2.51. The zero-order valence-corrected chi connectivity index (χ0v) is 12.5. The van der Waals surface area contributed by atoms with Crippen LogP contribution in [-0.4, -0.2) is 23.4 Å². The van der Waals surface area contributed by atoms with E-state index >= 15 is 0 Å². The molecule has 0 aliphatic rings. The van der Waals surface area contributed by atoms with E-state index in [0.717, 1.165) is 25.7 Å². The Bertz CT molecular complexity index is 537. The molecular formula is C14H20N4O4. The van der Waals surface area contributed by atoms with E-state index in [1.54, 1.807) is 12.3 Å². The average Bonchev–Trinajstić information content (AvgIpc) is 2.96. The van der Waals surface area contributed by atoms with E-state index in [0.29, 0.717) is 18.6 Å². The fourth-order valence-corrected chi connectivity index (χ4v) is 1.63. The first kappa shape index (κ1) is 17.5.